The van der Waals surface area contributed by atoms with Gasteiger partial charge in [0.15, 0.2) is 5.65 Å². The second-order valence-corrected chi connectivity index (χ2v) is 6.20. The third kappa shape index (κ3) is 2.42. The minimum Gasteiger partial charge on any atom is -0.293 e. The lowest BCUT2D eigenvalue weighted by molar-refractivity contribution is 0.859. The normalized spacial score (nSPS) is 11.4. The molecule has 5 aromatic rings. The first-order valence-electron chi connectivity index (χ1n) is 8.61. The van der Waals surface area contributed by atoms with Gasteiger partial charge in [0.25, 0.3) is 5.56 Å². The van der Waals surface area contributed by atoms with Gasteiger partial charge in [-0.2, -0.15) is 15.4 Å². The summed E-state index contributed by atoms with van der Waals surface area (Å²) in [5.74, 6) is 0. The Hall–Kier alpha value is -3.81. The highest BCUT2D eigenvalue weighted by Crippen LogP contribution is 2.27. The van der Waals surface area contributed by atoms with Crippen LogP contribution in [0.15, 0.2) is 53.5 Å². The maximum Gasteiger partial charge on any atom is 0.273 e. The van der Waals surface area contributed by atoms with Crippen LogP contribution in [-0.4, -0.2) is 35.0 Å². The standard InChI is InChI=1S/C19H15N7O/c1-2-12-18(14-5-3-4-8-20-14)19-21-15(10-17(27)26(19)24-12)11-6-7-13-16(9-11)23-25-22-13/h3-10,24H,2H2,1H3,(H,22,23,25). The molecule has 0 aliphatic heterocycles. The number of pyridine rings is 1. The maximum atomic E-state index is 12.7. The molecule has 0 saturated heterocycles. The Balaban J connectivity index is 1.79. The molecule has 0 saturated carbocycles. The van der Waals surface area contributed by atoms with Gasteiger partial charge in [0, 0.05) is 23.5 Å². The highest BCUT2D eigenvalue weighted by Gasteiger charge is 2.17. The quantitative estimate of drug-likeness (QED) is 0.516. The Morgan fingerprint density at radius 2 is 1.93 bits per heavy atom. The number of benzene rings is 1. The number of aromatic amines is 2. The van der Waals surface area contributed by atoms with E-state index in [-0.39, 0.29) is 5.56 Å². The fourth-order valence-corrected chi connectivity index (χ4v) is 3.27. The van der Waals surface area contributed by atoms with Gasteiger partial charge in [-0.25, -0.2) is 9.50 Å². The van der Waals surface area contributed by atoms with Crippen molar-refractivity contribution in [1.29, 1.82) is 0 Å². The van der Waals surface area contributed by atoms with Crippen molar-refractivity contribution in [2.45, 2.75) is 13.3 Å². The molecule has 4 heterocycles. The minimum absolute atomic E-state index is 0.174. The van der Waals surface area contributed by atoms with E-state index in [0.29, 0.717) is 11.3 Å². The van der Waals surface area contributed by atoms with Crippen LogP contribution in [0.2, 0.25) is 0 Å². The molecule has 132 valence electrons. The van der Waals surface area contributed by atoms with Crippen molar-refractivity contribution in [3.63, 3.8) is 0 Å². The summed E-state index contributed by atoms with van der Waals surface area (Å²) in [5.41, 5.74) is 5.82. The summed E-state index contributed by atoms with van der Waals surface area (Å²) in [6.45, 7) is 2.03. The molecule has 0 amide bonds. The highest BCUT2D eigenvalue weighted by atomic mass is 16.1. The van der Waals surface area contributed by atoms with Crippen molar-refractivity contribution in [3.8, 4) is 22.5 Å². The predicted octanol–water partition coefficient (Wildman–Crippen LogP) is 2.59. The molecule has 0 bridgehead atoms. The summed E-state index contributed by atoms with van der Waals surface area (Å²) < 4.78 is 1.47. The van der Waals surface area contributed by atoms with Gasteiger partial charge in [0.2, 0.25) is 0 Å². The number of nitrogens with zero attached hydrogens (tertiary/aromatic N) is 5. The third-order valence-corrected chi connectivity index (χ3v) is 4.58. The number of nitrogens with one attached hydrogen (secondary N) is 2. The van der Waals surface area contributed by atoms with E-state index in [2.05, 4.69) is 25.5 Å². The van der Waals surface area contributed by atoms with E-state index in [1.165, 1.54) is 10.6 Å². The lowest BCUT2D eigenvalue weighted by Crippen LogP contribution is -2.14. The molecule has 0 radical (unpaired) electrons. The van der Waals surface area contributed by atoms with E-state index in [0.717, 1.165) is 40.0 Å². The van der Waals surface area contributed by atoms with Crippen LogP contribution < -0.4 is 5.56 Å². The van der Waals surface area contributed by atoms with Crippen LogP contribution in [0.25, 0.3) is 39.2 Å². The molecule has 8 heteroatoms. The summed E-state index contributed by atoms with van der Waals surface area (Å²) in [7, 11) is 0. The van der Waals surface area contributed by atoms with Crippen molar-refractivity contribution < 1.29 is 0 Å². The van der Waals surface area contributed by atoms with Crippen LogP contribution in [0, 0.1) is 0 Å². The topological polar surface area (TPSA) is 105 Å². The third-order valence-electron chi connectivity index (χ3n) is 4.58. The zero-order chi connectivity index (χ0) is 18.4. The molecule has 0 fully saturated rings. The van der Waals surface area contributed by atoms with Gasteiger partial charge >= 0.3 is 0 Å². The Morgan fingerprint density at radius 1 is 1.04 bits per heavy atom. The summed E-state index contributed by atoms with van der Waals surface area (Å²) >= 11 is 0. The molecule has 0 atom stereocenters. The van der Waals surface area contributed by atoms with E-state index in [9.17, 15) is 4.79 Å². The number of H-pyrrole nitrogens is 2. The number of hydrogen-bond donors (Lipinski definition) is 2. The zero-order valence-electron chi connectivity index (χ0n) is 14.5. The van der Waals surface area contributed by atoms with Crippen molar-refractivity contribution in [1.82, 2.24) is 35.0 Å². The number of hydrogen-bond acceptors (Lipinski definition) is 5. The predicted molar refractivity (Wildman–Crippen MR) is 101 cm³/mol. The van der Waals surface area contributed by atoms with Crippen molar-refractivity contribution in [3.05, 3.63) is 64.7 Å². The first kappa shape index (κ1) is 15.4. The maximum absolute atomic E-state index is 12.7. The number of aryl methyl sites for hydroxylation is 1. The molecular weight excluding hydrogens is 342 g/mol. The van der Waals surface area contributed by atoms with Crippen LogP contribution in [0.1, 0.15) is 12.6 Å². The van der Waals surface area contributed by atoms with Gasteiger partial charge in [0.1, 0.15) is 11.0 Å². The monoisotopic (exact) mass is 357 g/mol. The summed E-state index contributed by atoms with van der Waals surface area (Å²) in [6.07, 6.45) is 2.47. The molecule has 0 aliphatic rings. The number of aromatic nitrogens is 7. The smallest absolute Gasteiger partial charge is 0.273 e. The summed E-state index contributed by atoms with van der Waals surface area (Å²) in [4.78, 5) is 22.0. The highest BCUT2D eigenvalue weighted by molar-refractivity contribution is 5.82. The van der Waals surface area contributed by atoms with Crippen molar-refractivity contribution in [2.24, 2.45) is 0 Å². The van der Waals surface area contributed by atoms with Gasteiger partial charge in [-0.15, -0.1) is 0 Å². The Bertz CT molecular complexity index is 1330. The molecule has 27 heavy (non-hydrogen) atoms. The van der Waals surface area contributed by atoms with Gasteiger partial charge in [0.05, 0.1) is 17.0 Å². The van der Waals surface area contributed by atoms with Crippen LogP contribution in [-0.2, 0) is 6.42 Å². The van der Waals surface area contributed by atoms with Gasteiger partial charge in [-0.1, -0.05) is 19.1 Å². The Labute approximate surface area is 152 Å². The first-order chi connectivity index (χ1) is 13.2. The molecule has 0 spiro atoms. The molecule has 1 aromatic carbocycles. The second kappa shape index (κ2) is 5.87. The average molecular weight is 357 g/mol. The van der Waals surface area contributed by atoms with Gasteiger partial charge in [-0.05, 0) is 30.7 Å². The Kier molecular flexibility index (Phi) is 3.36. The van der Waals surface area contributed by atoms with Crippen LogP contribution in [0.5, 0.6) is 0 Å². The largest absolute Gasteiger partial charge is 0.293 e. The second-order valence-electron chi connectivity index (χ2n) is 6.20. The zero-order valence-corrected chi connectivity index (χ0v) is 14.5. The van der Waals surface area contributed by atoms with Gasteiger partial charge in [-0.3, -0.25) is 14.9 Å². The van der Waals surface area contributed by atoms with Gasteiger partial charge < -0.3 is 0 Å². The van der Waals surface area contributed by atoms with Crippen LogP contribution >= 0.6 is 0 Å². The SMILES string of the molecule is CCc1[nH]n2c(=O)cc(-c3ccc4n[nH]nc4c3)nc2c1-c1ccccn1. The van der Waals surface area contributed by atoms with E-state index in [1.807, 2.05) is 43.3 Å². The molecule has 8 nitrogen and oxygen atoms in total. The lowest BCUT2D eigenvalue weighted by Gasteiger charge is -2.03. The van der Waals surface area contributed by atoms with Crippen molar-refractivity contribution in [2.75, 3.05) is 0 Å². The van der Waals surface area contributed by atoms with Crippen molar-refractivity contribution >= 4 is 16.7 Å². The molecule has 2 N–H and O–H groups in total. The van der Waals surface area contributed by atoms with Crippen LogP contribution in [0.3, 0.4) is 0 Å². The molecule has 0 aliphatic carbocycles. The molecule has 0 unspecified atom stereocenters. The number of rotatable bonds is 3. The van der Waals surface area contributed by atoms with E-state index in [1.54, 1.807) is 6.20 Å². The van der Waals surface area contributed by atoms with E-state index >= 15 is 0 Å². The molecule has 5 rings (SSSR count). The fraction of sp³-hybridized carbons (Fsp3) is 0.105. The van der Waals surface area contributed by atoms with E-state index in [4.69, 9.17) is 4.98 Å². The fourth-order valence-electron chi connectivity index (χ4n) is 3.27. The lowest BCUT2D eigenvalue weighted by atomic mass is 10.1. The molecular formula is C19H15N7O. The summed E-state index contributed by atoms with van der Waals surface area (Å²) in [5, 5.41) is 13.9. The van der Waals surface area contributed by atoms with Crippen LogP contribution in [0.4, 0.5) is 0 Å². The number of fused-ring (bicyclic) bond motifs is 2. The minimum atomic E-state index is -0.174. The van der Waals surface area contributed by atoms with E-state index < -0.39 is 0 Å². The average Bonchev–Trinajstić information content (AvgIpc) is 3.32. The molecule has 4 aromatic heterocycles. The Morgan fingerprint density at radius 3 is 2.74 bits per heavy atom. The first-order valence-corrected chi connectivity index (χ1v) is 8.61. The summed E-state index contributed by atoms with van der Waals surface area (Å²) in [6, 6.07) is 12.8.